The molecule has 91 valence electrons. The minimum Gasteiger partial charge on any atom is -0.489 e. The number of aryl methyl sites for hydroxylation is 1. The fourth-order valence-electron chi connectivity index (χ4n) is 2.46. The van der Waals surface area contributed by atoms with Crippen LogP contribution in [0.1, 0.15) is 11.1 Å². The van der Waals surface area contributed by atoms with Gasteiger partial charge in [0.05, 0.1) is 5.02 Å². The molecule has 1 heterocycles. The SMILES string of the molecule is [CH2]C1Cc2ccc(Cl)c(-c3ccccc3C)c2O1. The molecule has 1 radical (unpaired) electrons. The van der Waals surface area contributed by atoms with E-state index in [0.29, 0.717) is 0 Å². The number of benzene rings is 2. The zero-order valence-corrected chi connectivity index (χ0v) is 11.0. The minimum atomic E-state index is -0.0127. The van der Waals surface area contributed by atoms with E-state index in [-0.39, 0.29) is 6.10 Å². The molecule has 0 aliphatic carbocycles. The first-order chi connectivity index (χ1) is 8.66. The van der Waals surface area contributed by atoms with Gasteiger partial charge in [-0.1, -0.05) is 41.9 Å². The molecule has 0 saturated heterocycles. The van der Waals surface area contributed by atoms with Crippen LogP contribution in [0.4, 0.5) is 0 Å². The lowest BCUT2D eigenvalue weighted by Crippen LogP contribution is -2.06. The van der Waals surface area contributed by atoms with Crippen LogP contribution in [-0.4, -0.2) is 6.10 Å². The summed E-state index contributed by atoms with van der Waals surface area (Å²) in [6, 6.07) is 12.2. The quantitative estimate of drug-likeness (QED) is 0.733. The molecular formula is C16H14ClO. The zero-order valence-electron chi connectivity index (χ0n) is 10.2. The zero-order chi connectivity index (χ0) is 12.7. The second-order valence-electron chi connectivity index (χ2n) is 4.67. The van der Waals surface area contributed by atoms with Gasteiger partial charge in [0.1, 0.15) is 11.9 Å². The van der Waals surface area contributed by atoms with E-state index in [1.165, 1.54) is 11.1 Å². The summed E-state index contributed by atoms with van der Waals surface area (Å²) in [7, 11) is 0. The number of fused-ring (bicyclic) bond motifs is 1. The van der Waals surface area contributed by atoms with Crippen LogP contribution in [0, 0.1) is 13.8 Å². The number of hydrogen-bond acceptors (Lipinski definition) is 1. The highest BCUT2D eigenvalue weighted by atomic mass is 35.5. The van der Waals surface area contributed by atoms with Crippen molar-refractivity contribution >= 4 is 11.6 Å². The van der Waals surface area contributed by atoms with Gasteiger partial charge in [-0.05, 0) is 36.6 Å². The van der Waals surface area contributed by atoms with Crippen molar-refractivity contribution in [2.45, 2.75) is 19.4 Å². The Bertz CT molecular complexity index is 604. The molecule has 0 N–H and O–H groups in total. The second kappa shape index (κ2) is 4.33. The maximum Gasteiger partial charge on any atom is 0.132 e. The third-order valence-electron chi connectivity index (χ3n) is 3.33. The van der Waals surface area contributed by atoms with E-state index < -0.39 is 0 Å². The van der Waals surface area contributed by atoms with Crippen molar-refractivity contribution in [3.8, 4) is 16.9 Å². The van der Waals surface area contributed by atoms with Crippen LogP contribution in [0.15, 0.2) is 36.4 Å². The molecule has 2 aromatic carbocycles. The van der Waals surface area contributed by atoms with E-state index >= 15 is 0 Å². The Labute approximate surface area is 112 Å². The summed E-state index contributed by atoms with van der Waals surface area (Å²) >= 11 is 6.36. The number of hydrogen-bond donors (Lipinski definition) is 0. The number of rotatable bonds is 1. The normalized spacial score (nSPS) is 17.4. The Kier molecular flexibility index (Phi) is 2.79. The standard InChI is InChI=1S/C16H14ClO/c1-10-5-3-4-6-13(10)15-14(17)8-7-12-9-11(2)18-16(12)15/h3-8,11H,2,9H2,1H3. The van der Waals surface area contributed by atoms with Crippen molar-refractivity contribution in [1.82, 2.24) is 0 Å². The summed E-state index contributed by atoms with van der Waals surface area (Å²) < 4.78 is 5.83. The molecule has 0 fully saturated rings. The van der Waals surface area contributed by atoms with Crippen molar-refractivity contribution in [3.05, 3.63) is 59.5 Å². The first kappa shape index (κ1) is 11.6. The van der Waals surface area contributed by atoms with Crippen LogP contribution in [-0.2, 0) is 6.42 Å². The molecule has 1 aliphatic heterocycles. The second-order valence-corrected chi connectivity index (χ2v) is 5.08. The van der Waals surface area contributed by atoms with Crippen molar-refractivity contribution in [1.29, 1.82) is 0 Å². The molecule has 1 aliphatic rings. The Morgan fingerprint density at radius 1 is 1.22 bits per heavy atom. The van der Waals surface area contributed by atoms with Crippen LogP contribution in [0.5, 0.6) is 5.75 Å². The van der Waals surface area contributed by atoms with Gasteiger partial charge in [0.25, 0.3) is 0 Å². The van der Waals surface area contributed by atoms with Crippen LogP contribution in [0.3, 0.4) is 0 Å². The molecule has 1 atom stereocenters. The predicted molar refractivity (Wildman–Crippen MR) is 75.1 cm³/mol. The fourth-order valence-corrected chi connectivity index (χ4v) is 2.71. The predicted octanol–water partition coefficient (Wildman–Crippen LogP) is 4.45. The first-order valence-electron chi connectivity index (χ1n) is 6.04. The summed E-state index contributed by atoms with van der Waals surface area (Å²) in [5.41, 5.74) is 4.52. The van der Waals surface area contributed by atoms with E-state index in [2.05, 4.69) is 26.0 Å². The molecule has 0 saturated carbocycles. The first-order valence-corrected chi connectivity index (χ1v) is 6.41. The lowest BCUT2D eigenvalue weighted by molar-refractivity contribution is 0.282. The Hall–Kier alpha value is -1.47. The highest BCUT2D eigenvalue weighted by molar-refractivity contribution is 6.33. The minimum absolute atomic E-state index is 0.0127. The highest BCUT2D eigenvalue weighted by Gasteiger charge is 2.25. The highest BCUT2D eigenvalue weighted by Crippen LogP contribution is 2.44. The van der Waals surface area contributed by atoms with Crippen molar-refractivity contribution in [3.63, 3.8) is 0 Å². The van der Waals surface area contributed by atoms with Crippen molar-refractivity contribution in [2.24, 2.45) is 0 Å². The van der Waals surface area contributed by atoms with E-state index in [4.69, 9.17) is 16.3 Å². The maximum absolute atomic E-state index is 6.36. The lowest BCUT2D eigenvalue weighted by atomic mass is 9.97. The largest absolute Gasteiger partial charge is 0.489 e. The third kappa shape index (κ3) is 1.79. The summed E-state index contributed by atoms with van der Waals surface area (Å²) in [6.45, 7) is 6.06. The Morgan fingerprint density at radius 3 is 2.78 bits per heavy atom. The summed E-state index contributed by atoms with van der Waals surface area (Å²) in [5.74, 6) is 0.900. The maximum atomic E-state index is 6.36. The molecule has 0 amide bonds. The van der Waals surface area contributed by atoms with Crippen LogP contribution < -0.4 is 4.74 Å². The molecule has 18 heavy (non-hydrogen) atoms. The van der Waals surface area contributed by atoms with Crippen molar-refractivity contribution < 1.29 is 4.74 Å². The monoisotopic (exact) mass is 257 g/mol. The lowest BCUT2D eigenvalue weighted by Gasteiger charge is -2.13. The van der Waals surface area contributed by atoms with Gasteiger partial charge < -0.3 is 4.74 Å². The van der Waals surface area contributed by atoms with Gasteiger partial charge in [0, 0.05) is 12.0 Å². The summed E-state index contributed by atoms with van der Waals surface area (Å²) in [6.07, 6.45) is 0.840. The molecule has 0 aromatic heterocycles. The van der Waals surface area contributed by atoms with E-state index in [1.807, 2.05) is 24.3 Å². The molecule has 1 unspecified atom stereocenters. The van der Waals surface area contributed by atoms with Crippen molar-refractivity contribution in [2.75, 3.05) is 0 Å². The molecule has 2 aromatic rings. The molecule has 0 spiro atoms. The number of halogens is 1. The molecule has 1 nitrogen and oxygen atoms in total. The molecular weight excluding hydrogens is 244 g/mol. The molecule has 3 rings (SSSR count). The topological polar surface area (TPSA) is 9.23 Å². The summed E-state index contributed by atoms with van der Waals surface area (Å²) in [4.78, 5) is 0. The van der Waals surface area contributed by atoms with Gasteiger partial charge in [-0.3, -0.25) is 0 Å². The average molecular weight is 258 g/mol. The third-order valence-corrected chi connectivity index (χ3v) is 3.65. The average Bonchev–Trinajstić information content (AvgIpc) is 2.71. The van der Waals surface area contributed by atoms with E-state index in [9.17, 15) is 0 Å². The van der Waals surface area contributed by atoms with E-state index in [0.717, 1.165) is 28.3 Å². The van der Waals surface area contributed by atoms with Gasteiger partial charge in [0.2, 0.25) is 0 Å². The Morgan fingerprint density at radius 2 is 2.00 bits per heavy atom. The summed E-state index contributed by atoms with van der Waals surface area (Å²) in [5, 5.41) is 0.733. The van der Waals surface area contributed by atoms with Crippen LogP contribution >= 0.6 is 11.6 Å². The van der Waals surface area contributed by atoms with Crippen LogP contribution in [0.2, 0.25) is 5.02 Å². The molecule has 0 bridgehead atoms. The number of ether oxygens (including phenoxy) is 1. The van der Waals surface area contributed by atoms with E-state index in [1.54, 1.807) is 0 Å². The van der Waals surface area contributed by atoms with Gasteiger partial charge in [0.15, 0.2) is 0 Å². The van der Waals surface area contributed by atoms with Gasteiger partial charge in [-0.15, -0.1) is 0 Å². The van der Waals surface area contributed by atoms with Gasteiger partial charge in [-0.25, -0.2) is 0 Å². The molecule has 2 heteroatoms. The van der Waals surface area contributed by atoms with Gasteiger partial charge >= 0.3 is 0 Å². The smallest absolute Gasteiger partial charge is 0.132 e. The fraction of sp³-hybridized carbons (Fsp3) is 0.188. The van der Waals surface area contributed by atoms with Gasteiger partial charge in [-0.2, -0.15) is 0 Å². The van der Waals surface area contributed by atoms with Crippen LogP contribution in [0.25, 0.3) is 11.1 Å². The Balaban J connectivity index is 2.25.